The normalized spacial score (nSPS) is 25.1. The number of hydrogen-bond acceptors (Lipinski definition) is 3. The molecule has 3 heteroatoms. The Hall–Kier alpha value is -0.800. The molecule has 0 bridgehead atoms. The van der Waals surface area contributed by atoms with E-state index in [1.54, 1.807) is 0 Å². The predicted molar refractivity (Wildman–Crippen MR) is 67.7 cm³/mol. The van der Waals surface area contributed by atoms with Gasteiger partial charge >= 0.3 is 0 Å². The molecule has 2 rings (SSSR count). The minimum atomic E-state index is 0.427. The first-order valence-corrected chi connectivity index (χ1v) is 6.61. The molecule has 3 nitrogen and oxygen atoms in total. The lowest BCUT2D eigenvalue weighted by molar-refractivity contribution is -0.00299. The van der Waals surface area contributed by atoms with E-state index < -0.39 is 0 Å². The van der Waals surface area contributed by atoms with Gasteiger partial charge in [-0.2, -0.15) is 0 Å². The maximum absolute atomic E-state index is 5.92. The highest BCUT2D eigenvalue weighted by atomic mass is 16.5. The lowest BCUT2D eigenvalue weighted by Crippen LogP contribution is -2.21. The van der Waals surface area contributed by atoms with E-state index in [4.69, 9.17) is 9.15 Å². The number of rotatable bonds is 5. The third kappa shape index (κ3) is 3.86. The van der Waals surface area contributed by atoms with Gasteiger partial charge in [0.2, 0.25) is 0 Å². The molecular formula is C14H23NO2. The summed E-state index contributed by atoms with van der Waals surface area (Å²) in [6.07, 6.45) is 5.48. The summed E-state index contributed by atoms with van der Waals surface area (Å²) in [6.45, 7) is 3.70. The van der Waals surface area contributed by atoms with Gasteiger partial charge in [0.1, 0.15) is 18.1 Å². The molecule has 1 aliphatic rings. The lowest BCUT2D eigenvalue weighted by Gasteiger charge is -2.26. The zero-order chi connectivity index (χ0) is 12.1. The summed E-state index contributed by atoms with van der Waals surface area (Å²) in [7, 11) is 1.92. The molecule has 1 heterocycles. The largest absolute Gasteiger partial charge is 0.462 e. The molecule has 0 saturated heterocycles. The van der Waals surface area contributed by atoms with Gasteiger partial charge in [-0.05, 0) is 37.9 Å². The molecule has 1 saturated carbocycles. The Balaban J connectivity index is 1.76. The van der Waals surface area contributed by atoms with Crippen molar-refractivity contribution in [2.75, 3.05) is 7.05 Å². The third-order valence-corrected chi connectivity index (χ3v) is 3.42. The van der Waals surface area contributed by atoms with Gasteiger partial charge in [-0.3, -0.25) is 0 Å². The van der Waals surface area contributed by atoms with E-state index in [2.05, 4.69) is 12.2 Å². The molecule has 1 aliphatic carbocycles. The van der Waals surface area contributed by atoms with Gasteiger partial charge in [-0.25, -0.2) is 0 Å². The molecule has 1 aromatic rings. The van der Waals surface area contributed by atoms with Crippen molar-refractivity contribution in [3.63, 3.8) is 0 Å². The first-order valence-electron chi connectivity index (χ1n) is 6.61. The van der Waals surface area contributed by atoms with Crippen LogP contribution in [0, 0.1) is 5.92 Å². The zero-order valence-corrected chi connectivity index (χ0v) is 10.9. The molecule has 2 unspecified atom stereocenters. The fraction of sp³-hybridized carbons (Fsp3) is 0.714. The van der Waals surface area contributed by atoms with Gasteiger partial charge in [0.15, 0.2) is 0 Å². The van der Waals surface area contributed by atoms with Crippen LogP contribution < -0.4 is 5.32 Å². The monoisotopic (exact) mass is 237 g/mol. The second kappa shape index (κ2) is 6.22. The van der Waals surface area contributed by atoms with Gasteiger partial charge in [-0.1, -0.05) is 19.8 Å². The van der Waals surface area contributed by atoms with E-state index in [9.17, 15) is 0 Å². The van der Waals surface area contributed by atoms with Crippen molar-refractivity contribution < 1.29 is 9.15 Å². The van der Waals surface area contributed by atoms with Crippen molar-refractivity contribution in [3.05, 3.63) is 23.7 Å². The Morgan fingerprint density at radius 3 is 2.94 bits per heavy atom. The Kier molecular flexibility index (Phi) is 4.63. The van der Waals surface area contributed by atoms with E-state index in [0.717, 1.165) is 24.0 Å². The van der Waals surface area contributed by atoms with Crippen LogP contribution in [0.15, 0.2) is 16.5 Å². The smallest absolute Gasteiger partial charge is 0.129 e. The van der Waals surface area contributed by atoms with Crippen molar-refractivity contribution in [1.29, 1.82) is 0 Å². The first-order chi connectivity index (χ1) is 8.28. The van der Waals surface area contributed by atoms with Crippen LogP contribution in [-0.4, -0.2) is 13.2 Å². The fourth-order valence-electron chi connectivity index (χ4n) is 2.50. The summed E-state index contributed by atoms with van der Waals surface area (Å²) in [5.74, 6) is 2.72. The standard InChI is InChI=1S/C14H23NO2/c1-11-4-3-5-12(8-11)16-10-14-7-6-13(17-14)9-15-2/h6-7,11-12,15H,3-5,8-10H2,1-2H3. The predicted octanol–water partition coefficient (Wildman–Crippen LogP) is 3.09. The van der Waals surface area contributed by atoms with Crippen LogP contribution in [0.4, 0.5) is 0 Å². The Morgan fingerprint density at radius 1 is 1.35 bits per heavy atom. The maximum Gasteiger partial charge on any atom is 0.129 e. The minimum absolute atomic E-state index is 0.427. The van der Waals surface area contributed by atoms with E-state index >= 15 is 0 Å². The van der Waals surface area contributed by atoms with Gasteiger partial charge in [0, 0.05) is 0 Å². The lowest BCUT2D eigenvalue weighted by atomic mass is 9.89. The average molecular weight is 237 g/mol. The molecule has 17 heavy (non-hydrogen) atoms. The van der Waals surface area contributed by atoms with Crippen molar-refractivity contribution in [2.24, 2.45) is 5.92 Å². The van der Waals surface area contributed by atoms with Crippen LogP contribution in [0.3, 0.4) is 0 Å². The molecule has 1 fully saturated rings. The molecule has 0 aromatic carbocycles. The molecule has 1 N–H and O–H groups in total. The van der Waals surface area contributed by atoms with Gasteiger partial charge < -0.3 is 14.5 Å². The van der Waals surface area contributed by atoms with Crippen LogP contribution in [0.25, 0.3) is 0 Å². The Labute approximate surface area is 104 Å². The highest BCUT2D eigenvalue weighted by molar-refractivity contribution is 5.06. The van der Waals surface area contributed by atoms with Gasteiger partial charge in [-0.15, -0.1) is 0 Å². The molecule has 96 valence electrons. The van der Waals surface area contributed by atoms with Crippen molar-refractivity contribution >= 4 is 0 Å². The van der Waals surface area contributed by atoms with E-state index in [0.29, 0.717) is 12.7 Å². The molecular weight excluding hydrogens is 214 g/mol. The number of furan rings is 1. The van der Waals surface area contributed by atoms with Crippen LogP contribution in [0.5, 0.6) is 0 Å². The molecule has 0 aliphatic heterocycles. The summed E-state index contributed by atoms with van der Waals surface area (Å²) in [5.41, 5.74) is 0. The molecule has 0 amide bonds. The summed E-state index contributed by atoms with van der Waals surface area (Å²) < 4.78 is 11.6. The number of hydrogen-bond donors (Lipinski definition) is 1. The summed E-state index contributed by atoms with van der Waals surface area (Å²) in [6, 6.07) is 4.03. The summed E-state index contributed by atoms with van der Waals surface area (Å²) in [5, 5.41) is 3.07. The summed E-state index contributed by atoms with van der Waals surface area (Å²) >= 11 is 0. The van der Waals surface area contributed by atoms with Gasteiger partial charge in [0.05, 0.1) is 12.6 Å². The molecule has 1 aromatic heterocycles. The SMILES string of the molecule is CNCc1ccc(COC2CCCC(C)C2)o1. The Bertz CT molecular complexity index is 335. The highest BCUT2D eigenvalue weighted by Crippen LogP contribution is 2.26. The van der Waals surface area contributed by atoms with Crippen LogP contribution in [0.1, 0.15) is 44.1 Å². The molecule has 2 atom stereocenters. The first kappa shape index (κ1) is 12.7. The molecule has 0 spiro atoms. The van der Waals surface area contributed by atoms with Crippen molar-refractivity contribution in [3.8, 4) is 0 Å². The topological polar surface area (TPSA) is 34.4 Å². The third-order valence-electron chi connectivity index (χ3n) is 3.42. The highest BCUT2D eigenvalue weighted by Gasteiger charge is 2.19. The quantitative estimate of drug-likeness (QED) is 0.854. The van der Waals surface area contributed by atoms with Crippen LogP contribution >= 0.6 is 0 Å². The van der Waals surface area contributed by atoms with Crippen LogP contribution in [-0.2, 0) is 17.9 Å². The Morgan fingerprint density at radius 2 is 2.18 bits per heavy atom. The van der Waals surface area contributed by atoms with E-state index in [1.807, 2.05) is 19.2 Å². The van der Waals surface area contributed by atoms with Crippen molar-refractivity contribution in [1.82, 2.24) is 5.32 Å². The van der Waals surface area contributed by atoms with E-state index in [-0.39, 0.29) is 0 Å². The van der Waals surface area contributed by atoms with Crippen LogP contribution in [0.2, 0.25) is 0 Å². The van der Waals surface area contributed by atoms with E-state index in [1.165, 1.54) is 25.7 Å². The van der Waals surface area contributed by atoms with Gasteiger partial charge in [0.25, 0.3) is 0 Å². The maximum atomic E-state index is 5.92. The second-order valence-electron chi connectivity index (χ2n) is 5.10. The van der Waals surface area contributed by atoms with Crippen molar-refractivity contribution in [2.45, 2.75) is 51.9 Å². The number of nitrogens with one attached hydrogen (secondary N) is 1. The fourth-order valence-corrected chi connectivity index (χ4v) is 2.50. The minimum Gasteiger partial charge on any atom is -0.462 e. The average Bonchev–Trinajstić information content (AvgIpc) is 2.75. The zero-order valence-electron chi connectivity index (χ0n) is 10.9. The molecule has 0 radical (unpaired) electrons. The second-order valence-corrected chi connectivity index (χ2v) is 5.10. The number of ether oxygens (including phenoxy) is 1. The summed E-state index contributed by atoms with van der Waals surface area (Å²) in [4.78, 5) is 0.